The number of hydrogen-bond donors (Lipinski definition) is 1. The van der Waals surface area contributed by atoms with Gasteiger partial charge in [0.15, 0.2) is 0 Å². The molecule has 1 N–H and O–H groups in total. The summed E-state index contributed by atoms with van der Waals surface area (Å²) < 4.78 is 5.89. The van der Waals surface area contributed by atoms with E-state index in [0.29, 0.717) is 22.6 Å². The minimum absolute atomic E-state index is 0.400. The van der Waals surface area contributed by atoms with E-state index in [0.717, 1.165) is 17.1 Å². The standard InChI is InChI=1S/C16H17Cl2NO/c1-11(2)19-10-12-9-14(18)5-8-16(12)20-15-6-3-13(17)4-7-15/h3-9,11,19H,10H2,1-2H3. The summed E-state index contributed by atoms with van der Waals surface area (Å²) in [6.45, 7) is 4.91. The highest BCUT2D eigenvalue weighted by Gasteiger charge is 2.07. The molecule has 2 aromatic carbocycles. The molecule has 0 unspecified atom stereocenters. The van der Waals surface area contributed by atoms with Crippen molar-refractivity contribution in [2.75, 3.05) is 0 Å². The Kier molecular flexibility index (Phi) is 5.30. The molecule has 0 aliphatic heterocycles. The lowest BCUT2D eigenvalue weighted by Gasteiger charge is -2.14. The molecule has 4 heteroatoms. The summed E-state index contributed by atoms with van der Waals surface area (Å²) >= 11 is 11.9. The summed E-state index contributed by atoms with van der Waals surface area (Å²) in [7, 11) is 0. The molecule has 0 aromatic heterocycles. The fraction of sp³-hybridized carbons (Fsp3) is 0.250. The lowest BCUT2D eigenvalue weighted by atomic mass is 10.2. The maximum atomic E-state index is 6.06. The van der Waals surface area contributed by atoms with Crippen molar-refractivity contribution in [2.45, 2.75) is 26.4 Å². The minimum atomic E-state index is 0.400. The molecule has 0 radical (unpaired) electrons. The van der Waals surface area contributed by atoms with Gasteiger partial charge in [0.25, 0.3) is 0 Å². The largest absolute Gasteiger partial charge is 0.457 e. The van der Waals surface area contributed by atoms with Crippen LogP contribution in [0.3, 0.4) is 0 Å². The van der Waals surface area contributed by atoms with Gasteiger partial charge in [-0.15, -0.1) is 0 Å². The third kappa shape index (κ3) is 4.41. The van der Waals surface area contributed by atoms with Gasteiger partial charge in [-0.25, -0.2) is 0 Å². The summed E-state index contributed by atoms with van der Waals surface area (Å²) in [5.74, 6) is 1.55. The zero-order valence-corrected chi connectivity index (χ0v) is 13.0. The van der Waals surface area contributed by atoms with E-state index in [1.54, 1.807) is 12.1 Å². The molecule has 0 spiro atoms. The van der Waals surface area contributed by atoms with Crippen molar-refractivity contribution in [3.8, 4) is 11.5 Å². The van der Waals surface area contributed by atoms with Gasteiger partial charge >= 0.3 is 0 Å². The number of rotatable bonds is 5. The lowest BCUT2D eigenvalue weighted by Crippen LogP contribution is -2.22. The Morgan fingerprint density at radius 2 is 1.65 bits per heavy atom. The van der Waals surface area contributed by atoms with Crippen LogP contribution >= 0.6 is 23.2 Å². The molecule has 0 saturated heterocycles. The van der Waals surface area contributed by atoms with Gasteiger partial charge in [-0.2, -0.15) is 0 Å². The van der Waals surface area contributed by atoms with Crippen molar-refractivity contribution in [3.05, 3.63) is 58.1 Å². The predicted octanol–water partition coefficient (Wildman–Crippen LogP) is 5.28. The first-order valence-electron chi connectivity index (χ1n) is 6.50. The number of nitrogens with one attached hydrogen (secondary N) is 1. The molecule has 0 fully saturated rings. The van der Waals surface area contributed by atoms with Crippen molar-refractivity contribution in [1.29, 1.82) is 0 Å². The van der Waals surface area contributed by atoms with Crippen molar-refractivity contribution in [3.63, 3.8) is 0 Å². The fourth-order valence-corrected chi connectivity index (χ4v) is 2.05. The molecule has 20 heavy (non-hydrogen) atoms. The molecule has 0 bridgehead atoms. The maximum Gasteiger partial charge on any atom is 0.132 e. The van der Waals surface area contributed by atoms with Crippen molar-refractivity contribution >= 4 is 23.2 Å². The Morgan fingerprint density at radius 1 is 1.00 bits per heavy atom. The minimum Gasteiger partial charge on any atom is -0.457 e. The first-order chi connectivity index (χ1) is 9.54. The van der Waals surface area contributed by atoms with Crippen molar-refractivity contribution in [1.82, 2.24) is 5.32 Å². The molecule has 2 aromatic rings. The summed E-state index contributed by atoms with van der Waals surface area (Å²) in [4.78, 5) is 0. The molecule has 2 rings (SSSR count). The molecule has 0 saturated carbocycles. The van der Waals surface area contributed by atoms with E-state index >= 15 is 0 Å². The summed E-state index contributed by atoms with van der Waals surface area (Å²) in [5, 5.41) is 4.76. The van der Waals surface area contributed by atoms with Crippen LogP contribution < -0.4 is 10.1 Å². The Hall–Kier alpha value is -1.22. The van der Waals surface area contributed by atoms with Crippen LogP contribution in [0.5, 0.6) is 11.5 Å². The monoisotopic (exact) mass is 309 g/mol. The van der Waals surface area contributed by atoms with Crippen LogP contribution in [-0.4, -0.2) is 6.04 Å². The lowest BCUT2D eigenvalue weighted by molar-refractivity contribution is 0.469. The third-order valence-electron chi connectivity index (χ3n) is 2.76. The highest BCUT2D eigenvalue weighted by molar-refractivity contribution is 6.30. The molecule has 0 heterocycles. The first kappa shape index (κ1) is 15.2. The highest BCUT2D eigenvalue weighted by Crippen LogP contribution is 2.28. The van der Waals surface area contributed by atoms with Crippen LogP contribution in [0.4, 0.5) is 0 Å². The average Bonchev–Trinajstić information content (AvgIpc) is 2.41. The van der Waals surface area contributed by atoms with Crippen molar-refractivity contribution in [2.24, 2.45) is 0 Å². The second-order valence-corrected chi connectivity index (χ2v) is 5.72. The topological polar surface area (TPSA) is 21.3 Å². The van der Waals surface area contributed by atoms with Crippen LogP contribution in [0.15, 0.2) is 42.5 Å². The molecule has 0 aliphatic rings. The van der Waals surface area contributed by atoms with Crippen LogP contribution in [0.25, 0.3) is 0 Å². The van der Waals surface area contributed by atoms with E-state index in [4.69, 9.17) is 27.9 Å². The zero-order valence-electron chi connectivity index (χ0n) is 11.5. The number of ether oxygens (including phenoxy) is 1. The van der Waals surface area contributed by atoms with Crippen LogP contribution in [-0.2, 0) is 6.54 Å². The molecular weight excluding hydrogens is 293 g/mol. The van der Waals surface area contributed by atoms with Gasteiger partial charge in [0, 0.05) is 28.2 Å². The fourth-order valence-electron chi connectivity index (χ4n) is 1.73. The summed E-state index contributed by atoms with van der Waals surface area (Å²) in [5.41, 5.74) is 1.03. The van der Waals surface area contributed by atoms with E-state index in [9.17, 15) is 0 Å². The predicted molar refractivity (Wildman–Crippen MR) is 85.0 cm³/mol. The third-order valence-corrected chi connectivity index (χ3v) is 3.25. The summed E-state index contributed by atoms with van der Waals surface area (Å²) in [6, 6.07) is 13.3. The quantitative estimate of drug-likeness (QED) is 0.811. The smallest absolute Gasteiger partial charge is 0.132 e. The van der Waals surface area contributed by atoms with Crippen LogP contribution in [0.2, 0.25) is 10.0 Å². The SMILES string of the molecule is CC(C)NCc1cc(Cl)ccc1Oc1ccc(Cl)cc1. The molecule has 0 atom stereocenters. The second kappa shape index (κ2) is 6.98. The van der Waals surface area contributed by atoms with Gasteiger partial charge < -0.3 is 10.1 Å². The van der Waals surface area contributed by atoms with E-state index in [1.165, 1.54) is 0 Å². The van der Waals surface area contributed by atoms with Gasteiger partial charge in [0.2, 0.25) is 0 Å². The molecule has 2 nitrogen and oxygen atoms in total. The Labute approximate surface area is 129 Å². The van der Waals surface area contributed by atoms with Crippen LogP contribution in [0.1, 0.15) is 19.4 Å². The second-order valence-electron chi connectivity index (χ2n) is 4.84. The highest BCUT2D eigenvalue weighted by atomic mass is 35.5. The van der Waals surface area contributed by atoms with E-state index < -0.39 is 0 Å². The Bertz CT molecular complexity index is 567. The van der Waals surface area contributed by atoms with E-state index in [-0.39, 0.29) is 0 Å². The number of hydrogen-bond acceptors (Lipinski definition) is 2. The van der Waals surface area contributed by atoms with Crippen molar-refractivity contribution < 1.29 is 4.74 Å². The molecular formula is C16H17Cl2NO. The van der Waals surface area contributed by atoms with Gasteiger partial charge in [-0.1, -0.05) is 37.0 Å². The van der Waals surface area contributed by atoms with Gasteiger partial charge in [0.1, 0.15) is 11.5 Å². The summed E-state index contributed by atoms with van der Waals surface area (Å²) in [6.07, 6.45) is 0. The van der Waals surface area contributed by atoms with E-state index in [2.05, 4.69) is 19.2 Å². The average molecular weight is 310 g/mol. The van der Waals surface area contributed by atoms with Crippen LogP contribution in [0, 0.1) is 0 Å². The van der Waals surface area contributed by atoms with Gasteiger partial charge in [-0.3, -0.25) is 0 Å². The Morgan fingerprint density at radius 3 is 2.30 bits per heavy atom. The van der Waals surface area contributed by atoms with Gasteiger partial charge in [-0.05, 0) is 42.5 Å². The normalized spacial score (nSPS) is 10.8. The molecule has 106 valence electrons. The first-order valence-corrected chi connectivity index (χ1v) is 7.25. The zero-order chi connectivity index (χ0) is 14.5. The number of benzene rings is 2. The Balaban J connectivity index is 2.19. The molecule has 0 aliphatic carbocycles. The number of halogens is 2. The maximum absolute atomic E-state index is 6.06. The molecule has 0 amide bonds. The van der Waals surface area contributed by atoms with E-state index in [1.807, 2.05) is 30.3 Å². The van der Waals surface area contributed by atoms with Gasteiger partial charge in [0.05, 0.1) is 0 Å².